The van der Waals surface area contributed by atoms with Crippen molar-refractivity contribution in [3.05, 3.63) is 65.5 Å². The molecule has 5 nitrogen and oxygen atoms in total. The first-order valence-corrected chi connectivity index (χ1v) is 9.65. The smallest absolute Gasteiger partial charge is 0.241 e. The van der Waals surface area contributed by atoms with Crippen LogP contribution in [0.5, 0.6) is 5.75 Å². The van der Waals surface area contributed by atoms with Gasteiger partial charge in [0.1, 0.15) is 16.6 Å². The molecule has 1 spiro atoms. The van der Waals surface area contributed by atoms with E-state index in [1.807, 2.05) is 24.3 Å². The monoisotopic (exact) mass is 385 g/mol. The summed E-state index contributed by atoms with van der Waals surface area (Å²) in [4.78, 5) is 11.8. The lowest BCUT2D eigenvalue weighted by molar-refractivity contribution is -0.134. The van der Waals surface area contributed by atoms with Crippen LogP contribution in [0.2, 0.25) is 0 Å². The van der Waals surface area contributed by atoms with Crippen molar-refractivity contribution in [1.29, 1.82) is 0 Å². The fourth-order valence-electron chi connectivity index (χ4n) is 3.74. The van der Waals surface area contributed by atoms with Gasteiger partial charge in [-0.3, -0.25) is 4.79 Å². The number of thioether (sulfide) groups is 1. The molecule has 0 fully saturated rings. The molecule has 2 atom stereocenters. The molecule has 2 aliphatic rings. The van der Waals surface area contributed by atoms with E-state index in [4.69, 9.17) is 10.5 Å². The van der Waals surface area contributed by atoms with E-state index in [0.717, 1.165) is 11.3 Å². The molecule has 0 unspecified atom stereocenters. The molecule has 27 heavy (non-hydrogen) atoms. The number of hydrazone groups is 1. The molecule has 0 radical (unpaired) electrons. The summed E-state index contributed by atoms with van der Waals surface area (Å²) in [6.45, 7) is 2.36. The maximum atomic E-state index is 14.4. The number of carbonyl (C=O) groups is 1. The Hall–Kier alpha value is -2.38. The van der Waals surface area contributed by atoms with Gasteiger partial charge in [-0.05, 0) is 31.2 Å². The Labute approximate surface area is 161 Å². The minimum atomic E-state index is -0.794. The Morgan fingerprint density at radius 3 is 2.81 bits per heavy atom. The summed E-state index contributed by atoms with van der Waals surface area (Å²) in [6, 6.07) is 14.1. The van der Waals surface area contributed by atoms with E-state index in [9.17, 15) is 9.18 Å². The highest BCUT2D eigenvalue weighted by Crippen LogP contribution is 2.57. The van der Waals surface area contributed by atoms with Crippen LogP contribution in [-0.2, 0) is 9.67 Å². The van der Waals surface area contributed by atoms with Gasteiger partial charge < -0.3 is 10.5 Å². The van der Waals surface area contributed by atoms with Crippen molar-refractivity contribution in [3.63, 3.8) is 0 Å². The van der Waals surface area contributed by atoms with Crippen LogP contribution in [0, 0.1) is 11.7 Å². The van der Waals surface area contributed by atoms with Crippen molar-refractivity contribution in [1.82, 2.24) is 5.01 Å². The molecule has 2 aromatic carbocycles. The van der Waals surface area contributed by atoms with Crippen LogP contribution in [0.25, 0.3) is 0 Å². The number of nitrogens with two attached hydrogens (primary N) is 1. The number of fused-ring (bicyclic) bond motifs is 2. The number of halogens is 1. The molecule has 0 bridgehead atoms. The largest absolute Gasteiger partial charge is 0.493 e. The van der Waals surface area contributed by atoms with E-state index in [-0.39, 0.29) is 17.6 Å². The molecule has 140 valence electrons. The first-order chi connectivity index (χ1) is 13.1. The van der Waals surface area contributed by atoms with Crippen molar-refractivity contribution in [3.8, 4) is 5.75 Å². The molecule has 4 rings (SSSR count). The second kappa shape index (κ2) is 6.98. The lowest BCUT2D eigenvalue weighted by Gasteiger charge is -2.45. The van der Waals surface area contributed by atoms with E-state index >= 15 is 0 Å². The van der Waals surface area contributed by atoms with Crippen molar-refractivity contribution in [2.24, 2.45) is 16.8 Å². The molecule has 0 aromatic heterocycles. The van der Waals surface area contributed by atoms with Crippen LogP contribution in [0.15, 0.2) is 53.6 Å². The highest BCUT2D eigenvalue weighted by molar-refractivity contribution is 8.15. The Balaban J connectivity index is 1.89. The lowest BCUT2D eigenvalue weighted by atomic mass is 9.86. The van der Waals surface area contributed by atoms with E-state index in [1.165, 1.54) is 29.8 Å². The van der Waals surface area contributed by atoms with E-state index in [1.54, 1.807) is 18.2 Å². The Bertz CT molecular complexity index is 920. The van der Waals surface area contributed by atoms with Gasteiger partial charge in [-0.1, -0.05) is 42.1 Å². The summed E-state index contributed by atoms with van der Waals surface area (Å²) in [7, 11) is 0. The Morgan fingerprint density at radius 1 is 1.33 bits per heavy atom. The first-order valence-electron chi connectivity index (χ1n) is 8.83. The van der Waals surface area contributed by atoms with Gasteiger partial charge in [0.05, 0.1) is 6.61 Å². The number of rotatable bonds is 3. The topological polar surface area (TPSA) is 67.9 Å². The van der Waals surface area contributed by atoms with Gasteiger partial charge in [0.2, 0.25) is 5.91 Å². The van der Waals surface area contributed by atoms with Gasteiger partial charge in [-0.25, -0.2) is 9.40 Å². The zero-order valence-corrected chi connectivity index (χ0v) is 15.7. The third kappa shape index (κ3) is 2.82. The molecule has 2 aliphatic heterocycles. The molecule has 2 N–H and O–H groups in total. The van der Waals surface area contributed by atoms with Crippen LogP contribution in [0.3, 0.4) is 0 Å². The fourth-order valence-corrected chi connectivity index (χ4v) is 5.32. The van der Waals surface area contributed by atoms with Crippen molar-refractivity contribution >= 4 is 22.7 Å². The fraction of sp³-hybridized carbons (Fsp3) is 0.300. The number of ether oxygens (including phenoxy) is 1. The van der Waals surface area contributed by atoms with Crippen molar-refractivity contribution < 1.29 is 13.9 Å². The summed E-state index contributed by atoms with van der Waals surface area (Å²) in [5.41, 5.74) is 7.11. The number of amides is 1. The molecule has 0 saturated carbocycles. The molecule has 0 aliphatic carbocycles. The SMILES string of the molecule is CC(=O)N1N=C(c2ccccc2F)S[C@@]12c1ccccc1OC[C@H]2CCN. The highest BCUT2D eigenvalue weighted by atomic mass is 32.2. The Morgan fingerprint density at radius 2 is 2.07 bits per heavy atom. The number of hydrogen-bond acceptors (Lipinski definition) is 5. The first kappa shape index (κ1) is 18.0. The van der Waals surface area contributed by atoms with Gasteiger partial charge in [0, 0.05) is 24.0 Å². The molecular weight excluding hydrogens is 365 g/mol. The zero-order chi connectivity index (χ0) is 19.0. The number of nitrogens with zero attached hydrogens (tertiary/aromatic N) is 2. The van der Waals surface area contributed by atoms with Gasteiger partial charge >= 0.3 is 0 Å². The summed E-state index contributed by atoms with van der Waals surface area (Å²) in [5.74, 6) is 0.0846. The van der Waals surface area contributed by atoms with Gasteiger partial charge in [-0.2, -0.15) is 5.10 Å². The second-order valence-corrected chi connectivity index (χ2v) is 7.81. The van der Waals surface area contributed by atoms with Gasteiger partial charge in [0.25, 0.3) is 0 Å². The minimum absolute atomic E-state index is 0.0701. The molecule has 2 aromatic rings. The van der Waals surface area contributed by atoms with Crippen molar-refractivity contribution in [2.75, 3.05) is 13.2 Å². The molecular formula is C20H20FN3O2S. The minimum Gasteiger partial charge on any atom is -0.493 e. The third-order valence-electron chi connectivity index (χ3n) is 4.94. The van der Waals surface area contributed by atoms with Crippen LogP contribution in [0.4, 0.5) is 4.39 Å². The summed E-state index contributed by atoms with van der Waals surface area (Å²) in [6.07, 6.45) is 0.658. The molecule has 1 amide bonds. The predicted molar refractivity (Wildman–Crippen MR) is 104 cm³/mol. The third-order valence-corrected chi connectivity index (χ3v) is 6.47. The molecule has 2 heterocycles. The van der Waals surface area contributed by atoms with E-state index in [0.29, 0.717) is 30.2 Å². The van der Waals surface area contributed by atoms with Crippen molar-refractivity contribution in [2.45, 2.75) is 18.2 Å². The van der Waals surface area contributed by atoms with Crippen LogP contribution >= 0.6 is 11.8 Å². The summed E-state index contributed by atoms with van der Waals surface area (Å²) in [5, 5.41) is 6.53. The second-order valence-electron chi connectivity index (χ2n) is 6.60. The number of hydrogen-bond donors (Lipinski definition) is 1. The summed E-state index contributed by atoms with van der Waals surface area (Å²) < 4.78 is 20.4. The van der Waals surface area contributed by atoms with Gasteiger partial charge in [0.15, 0.2) is 4.87 Å². The standard InChI is InChI=1S/C20H20FN3O2S/c1-13(25)24-20(27-19(23-24)15-6-2-4-8-17(15)21)14(10-11-22)12-26-18-9-5-3-7-16(18)20/h2-9,14H,10-12,22H2,1H3/t14-,20+/m1/s1. The lowest BCUT2D eigenvalue weighted by Crippen LogP contribution is -2.51. The van der Waals surface area contributed by atoms with E-state index < -0.39 is 4.87 Å². The molecule has 0 saturated heterocycles. The number of carbonyl (C=O) groups excluding carboxylic acids is 1. The predicted octanol–water partition coefficient (Wildman–Crippen LogP) is 3.29. The maximum Gasteiger partial charge on any atom is 0.241 e. The van der Waals surface area contributed by atoms with E-state index in [2.05, 4.69) is 5.10 Å². The number of para-hydroxylation sites is 1. The van der Waals surface area contributed by atoms with Crippen LogP contribution in [0.1, 0.15) is 24.5 Å². The maximum absolute atomic E-state index is 14.4. The summed E-state index contributed by atoms with van der Waals surface area (Å²) >= 11 is 1.41. The van der Waals surface area contributed by atoms with Gasteiger partial charge in [-0.15, -0.1) is 0 Å². The average molecular weight is 385 g/mol. The van der Waals surface area contributed by atoms with Crippen LogP contribution in [-0.4, -0.2) is 29.1 Å². The normalized spacial score (nSPS) is 23.7. The molecule has 7 heteroatoms. The average Bonchev–Trinajstić information content (AvgIpc) is 3.06. The zero-order valence-electron chi connectivity index (χ0n) is 14.9. The highest BCUT2D eigenvalue weighted by Gasteiger charge is 2.56. The Kier molecular flexibility index (Phi) is 4.65. The van der Waals surface area contributed by atoms with Crippen LogP contribution < -0.4 is 10.5 Å². The quantitative estimate of drug-likeness (QED) is 0.880. The number of benzene rings is 2.